The first-order chi connectivity index (χ1) is 7.61. The summed E-state index contributed by atoms with van der Waals surface area (Å²) in [4.78, 5) is 10.2. The maximum Gasteiger partial charge on any atom is 0.316 e. The summed E-state index contributed by atoms with van der Waals surface area (Å²) in [7, 11) is 1.31. The van der Waals surface area contributed by atoms with Crippen molar-refractivity contribution in [1.29, 1.82) is 0 Å². The van der Waals surface area contributed by atoms with Gasteiger partial charge in [0.1, 0.15) is 5.82 Å². The van der Waals surface area contributed by atoms with Gasteiger partial charge in [-0.3, -0.25) is 10.1 Å². The van der Waals surface area contributed by atoms with Crippen LogP contribution in [0.1, 0.15) is 12.0 Å². The van der Waals surface area contributed by atoms with E-state index in [1.54, 1.807) is 0 Å². The van der Waals surface area contributed by atoms with Gasteiger partial charge in [0, 0.05) is 0 Å². The van der Waals surface area contributed by atoms with Crippen molar-refractivity contribution >= 4 is 5.69 Å². The standard InChI is InChI=1S/C10H13FN2O3/c1-16-9-5-4-8(11)7(3-2-6-12)10(9)13(14)15/h4-5H,2-3,6,12H2,1H3. The average molecular weight is 228 g/mol. The Labute approximate surface area is 92.2 Å². The normalized spacial score (nSPS) is 10.2. The predicted octanol–water partition coefficient (Wildman–Crippen LogP) is 1.63. The minimum absolute atomic E-state index is 0.0507. The number of methoxy groups -OCH3 is 1. The fourth-order valence-corrected chi connectivity index (χ4v) is 1.47. The Balaban J connectivity index is 3.24. The van der Waals surface area contributed by atoms with Crippen LogP contribution in [0.5, 0.6) is 5.75 Å². The van der Waals surface area contributed by atoms with Crippen molar-refractivity contribution in [2.45, 2.75) is 12.8 Å². The maximum atomic E-state index is 13.4. The van der Waals surface area contributed by atoms with Crippen molar-refractivity contribution in [3.05, 3.63) is 33.6 Å². The summed E-state index contributed by atoms with van der Waals surface area (Å²) < 4.78 is 18.3. The number of ether oxygens (including phenoxy) is 1. The second kappa shape index (κ2) is 5.41. The van der Waals surface area contributed by atoms with Crippen LogP contribution >= 0.6 is 0 Å². The van der Waals surface area contributed by atoms with Gasteiger partial charge in [-0.05, 0) is 31.5 Å². The monoisotopic (exact) mass is 228 g/mol. The Morgan fingerprint density at radius 3 is 2.75 bits per heavy atom. The van der Waals surface area contributed by atoms with E-state index >= 15 is 0 Å². The smallest absolute Gasteiger partial charge is 0.316 e. The lowest BCUT2D eigenvalue weighted by Gasteiger charge is -2.07. The molecule has 0 heterocycles. The zero-order valence-electron chi connectivity index (χ0n) is 8.90. The minimum atomic E-state index is -0.631. The Morgan fingerprint density at radius 2 is 2.25 bits per heavy atom. The molecule has 0 saturated carbocycles. The van der Waals surface area contributed by atoms with E-state index in [2.05, 4.69) is 0 Å². The van der Waals surface area contributed by atoms with Gasteiger partial charge in [-0.2, -0.15) is 0 Å². The number of halogens is 1. The quantitative estimate of drug-likeness (QED) is 0.613. The average Bonchev–Trinajstić information content (AvgIpc) is 2.26. The lowest BCUT2D eigenvalue weighted by atomic mass is 10.1. The highest BCUT2D eigenvalue weighted by Crippen LogP contribution is 2.33. The zero-order chi connectivity index (χ0) is 12.1. The maximum absolute atomic E-state index is 13.4. The molecular formula is C10H13FN2O3. The predicted molar refractivity (Wildman–Crippen MR) is 57.0 cm³/mol. The molecule has 1 rings (SSSR count). The van der Waals surface area contributed by atoms with Crippen LogP contribution in [0.15, 0.2) is 12.1 Å². The Morgan fingerprint density at radius 1 is 1.56 bits per heavy atom. The number of nitrogens with two attached hydrogens (primary N) is 1. The van der Waals surface area contributed by atoms with Crippen LogP contribution in [0.4, 0.5) is 10.1 Å². The highest BCUT2D eigenvalue weighted by atomic mass is 19.1. The molecule has 1 aromatic carbocycles. The highest BCUT2D eigenvalue weighted by Gasteiger charge is 2.23. The summed E-state index contributed by atoms with van der Waals surface area (Å²) in [5.41, 5.74) is 5.04. The van der Waals surface area contributed by atoms with E-state index in [1.165, 1.54) is 13.2 Å². The third-order valence-corrected chi connectivity index (χ3v) is 2.22. The lowest BCUT2D eigenvalue weighted by Crippen LogP contribution is -2.05. The molecule has 0 saturated heterocycles. The molecule has 88 valence electrons. The second-order valence-corrected chi connectivity index (χ2v) is 3.23. The van der Waals surface area contributed by atoms with E-state index in [0.717, 1.165) is 6.07 Å². The molecule has 0 bridgehead atoms. The first-order valence-electron chi connectivity index (χ1n) is 4.81. The van der Waals surface area contributed by atoms with Crippen molar-refractivity contribution < 1.29 is 14.1 Å². The third-order valence-electron chi connectivity index (χ3n) is 2.22. The molecule has 0 spiro atoms. The van der Waals surface area contributed by atoms with Crippen molar-refractivity contribution in [2.24, 2.45) is 5.73 Å². The van der Waals surface area contributed by atoms with E-state index in [9.17, 15) is 14.5 Å². The first kappa shape index (κ1) is 12.4. The number of hydrogen-bond acceptors (Lipinski definition) is 4. The Bertz CT molecular complexity index is 396. The number of rotatable bonds is 5. The van der Waals surface area contributed by atoms with Gasteiger partial charge >= 0.3 is 5.69 Å². The molecule has 0 atom stereocenters. The molecule has 16 heavy (non-hydrogen) atoms. The molecule has 5 nitrogen and oxygen atoms in total. The van der Waals surface area contributed by atoms with Gasteiger partial charge in [0.25, 0.3) is 0 Å². The number of nitrogens with zero attached hydrogens (tertiary/aromatic N) is 1. The fraction of sp³-hybridized carbons (Fsp3) is 0.400. The van der Waals surface area contributed by atoms with E-state index in [1.807, 2.05) is 0 Å². The molecule has 2 N–H and O–H groups in total. The minimum Gasteiger partial charge on any atom is -0.490 e. The van der Waals surface area contributed by atoms with Crippen LogP contribution in [-0.4, -0.2) is 18.6 Å². The third kappa shape index (κ3) is 2.46. The molecule has 0 radical (unpaired) electrons. The molecule has 1 aromatic rings. The van der Waals surface area contributed by atoms with E-state index in [0.29, 0.717) is 13.0 Å². The highest BCUT2D eigenvalue weighted by molar-refractivity contribution is 5.53. The molecule has 0 aliphatic rings. The summed E-state index contributed by atoms with van der Waals surface area (Å²) in [5, 5.41) is 10.8. The van der Waals surface area contributed by atoms with Gasteiger partial charge in [0.2, 0.25) is 0 Å². The van der Waals surface area contributed by atoms with Gasteiger partial charge in [0.15, 0.2) is 5.75 Å². The SMILES string of the molecule is COc1ccc(F)c(CCCN)c1[N+](=O)[O-]. The van der Waals surface area contributed by atoms with Gasteiger partial charge < -0.3 is 10.5 Å². The molecular weight excluding hydrogens is 215 g/mol. The van der Waals surface area contributed by atoms with Crippen LogP contribution < -0.4 is 10.5 Å². The summed E-state index contributed by atoms with van der Waals surface area (Å²) in [6.45, 7) is 0.355. The molecule has 0 unspecified atom stereocenters. The van der Waals surface area contributed by atoms with Gasteiger partial charge in [-0.15, -0.1) is 0 Å². The van der Waals surface area contributed by atoms with Crippen molar-refractivity contribution in [2.75, 3.05) is 13.7 Å². The topological polar surface area (TPSA) is 78.4 Å². The fourth-order valence-electron chi connectivity index (χ4n) is 1.47. The van der Waals surface area contributed by atoms with Gasteiger partial charge in [-0.25, -0.2) is 4.39 Å². The Kier molecular flexibility index (Phi) is 4.19. The summed E-state index contributed by atoms with van der Waals surface area (Å²) >= 11 is 0. The van der Waals surface area contributed by atoms with Crippen LogP contribution in [0.3, 0.4) is 0 Å². The number of benzene rings is 1. The molecule has 0 aliphatic heterocycles. The van der Waals surface area contributed by atoms with Crippen molar-refractivity contribution in [1.82, 2.24) is 0 Å². The van der Waals surface area contributed by atoms with Crippen LogP contribution in [0, 0.1) is 15.9 Å². The largest absolute Gasteiger partial charge is 0.490 e. The summed E-state index contributed by atoms with van der Waals surface area (Å²) in [6.07, 6.45) is 0.723. The Hall–Kier alpha value is -1.69. The van der Waals surface area contributed by atoms with Crippen molar-refractivity contribution in [3.63, 3.8) is 0 Å². The van der Waals surface area contributed by atoms with Crippen molar-refractivity contribution in [3.8, 4) is 5.75 Å². The molecule has 0 aliphatic carbocycles. The van der Waals surface area contributed by atoms with E-state index < -0.39 is 10.7 Å². The van der Waals surface area contributed by atoms with Crippen LogP contribution in [0.25, 0.3) is 0 Å². The summed E-state index contributed by atoms with van der Waals surface area (Å²) in [5.74, 6) is -0.528. The lowest BCUT2D eigenvalue weighted by molar-refractivity contribution is -0.386. The number of nitro groups is 1. The van der Waals surface area contributed by atoms with Gasteiger partial charge in [-0.1, -0.05) is 0 Å². The van der Waals surface area contributed by atoms with Crippen LogP contribution in [-0.2, 0) is 6.42 Å². The number of hydrogen-bond donors (Lipinski definition) is 1. The van der Waals surface area contributed by atoms with E-state index in [-0.39, 0.29) is 23.4 Å². The van der Waals surface area contributed by atoms with Gasteiger partial charge in [0.05, 0.1) is 17.6 Å². The molecule has 0 fully saturated rings. The van der Waals surface area contributed by atoms with Crippen LogP contribution in [0.2, 0.25) is 0 Å². The zero-order valence-corrected chi connectivity index (χ0v) is 8.90. The molecule has 6 heteroatoms. The second-order valence-electron chi connectivity index (χ2n) is 3.23. The molecule has 0 aromatic heterocycles. The first-order valence-corrected chi connectivity index (χ1v) is 4.81. The molecule has 0 amide bonds. The summed E-state index contributed by atoms with van der Waals surface area (Å²) in [6, 6.07) is 2.41. The number of nitro benzene ring substituents is 1. The van der Waals surface area contributed by atoms with E-state index in [4.69, 9.17) is 10.5 Å².